The molecule has 0 spiro atoms. The minimum Gasteiger partial charge on any atom is -0.480 e. The van der Waals surface area contributed by atoms with Crippen LogP contribution in [-0.4, -0.2) is 27.0 Å². The van der Waals surface area contributed by atoms with Crippen molar-refractivity contribution in [3.63, 3.8) is 0 Å². The lowest BCUT2D eigenvalue weighted by atomic mass is 10.1. The quantitative estimate of drug-likeness (QED) is 0.684. The largest absolute Gasteiger partial charge is 0.480 e. The van der Waals surface area contributed by atoms with Gasteiger partial charge in [0.05, 0.1) is 9.37 Å². The third kappa shape index (κ3) is 5.79. The molecule has 0 aliphatic carbocycles. The molecule has 0 bridgehead atoms. The number of hydrogen-bond acceptors (Lipinski definition) is 4. The molecule has 3 N–H and O–H groups in total. The number of nitrogens with one attached hydrogen (secondary N) is 1. The van der Waals surface area contributed by atoms with Gasteiger partial charge in [-0.2, -0.15) is 0 Å². The minimum atomic E-state index is -3.71. The number of hydrogen-bond donors (Lipinski definition) is 2. The first-order chi connectivity index (χ1) is 12.2. The summed E-state index contributed by atoms with van der Waals surface area (Å²) in [5, 5.41) is 7.77. The third-order valence-corrected chi connectivity index (χ3v) is 5.08. The number of benzene rings is 2. The van der Waals surface area contributed by atoms with E-state index >= 15 is 0 Å². The van der Waals surface area contributed by atoms with Gasteiger partial charge >= 0.3 is 0 Å². The van der Waals surface area contributed by atoms with Crippen molar-refractivity contribution >= 4 is 31.9 Å². The smallest absolute Gasteiger partial charge is 0.260 e. The van der Waals surface area contributed by atoms with Crippen LogP contribution in [0.1, 0.15) is 12.5 Å². The number of halogens is 2. The summed E-state index contributed by atoms with van der Waals surface area (Å²) in [6, 6.07) is 10.1. The van der Waals surface area contributed by atoms with E-state index in [9.17, 15) is 17.6 Å². The van der Waals surface area contributed by atoms with Gasteiger partial charge < -0.3 is 10.1 Å². The fraction of sp³-hybridized carbons (Fsp3) is 0.235. The number of carbonyl (C=O) groups is 1. The highest BCUT2D eigenvalue weighted by Gasteiger charge is 2.16. The molecule has 1 unspecified atom stereocenters. The van der Waals surface area contributed by atoms with Crippen LogP contribution in [0, 0.1) is 5.82 Å². The van der Waals surface area contributed by atoms with Crippen molar-refractivity contribution in [2.45, 2.75) is 24.3 Å². The van der Waals surface area contributed by atoms with E-state index in [1.807, 2.05) is 0 Å². The van der Waals surface area contributed by atoms with Crippen LogP contribution in [-0.2, 0) is 21.2 Å². The summed E-state index contributed by atoms with van der Waals surface area (Å²) in [6.45, 7) is 1.94. The van der Waals surface area contributed by atoms with Crippen LogP contribution >= 0.6 is 15.9 Å². The Balaban J connectivity index is 1.84. The molecule has 0 heterocycles. The van der Waals surface area contributed by atoms with E-state index in [0.29, 0.717) is 23.2 Å². The van der Waals surface area contributed by atoms with Gasteiger partial charge in [-0.05, 0) is 65.2 Å². The number of nitrogens with two attached hydrogens (primary N) is 1. The Morgan fingerprint density at radius 3 is 2.50 bits per heavy atom. The van der Waals surface area contributed by atoms with Crippen LogP contribution in [0.3, 0.4) is 0 Å². The normalized spacial score (nSPS) is 12.5. The lowest BCUT2D eigenvalue weighted by Crippen LogP contribution is -2.37. The van der Waals surface area contributed by atoms with Crippen molar-refractivity contribution in [1.29, 1.82) is 0 Å². The summed E-state index contributed by atoms with van der Waals surface area (Å²) >= 11 is 3.18. The predicted molar refractivity (Wildman–Crippen MR) is 98.7 cm³/mol. The molecule has 0 radical (unpaired) electrons. The van der Waals surface area contributed by atoms with Gasteiger partial charge in [-0.3, -0.25) is 4.79 Å². The SMILES string of the molecule is CC(Oc1ccc(F)cc1Br)C(=O)NCCc1ccc(S(N)(=O)=O)cc1. The summed E-state index contributed by atoms with van der Waals surface area (Å²) in [5.41, 5.74) is 0.854. The molecule has 2 rings (SSSR count). The molecule has 26 heavy (non-hydrogen) atoms. The Labute approximate surface area is 159 Å². The van der Waals surface area contributed by atoms with Gasteiger partial charge in [-0.25, -0.2) is 17.9 Å². The number of primary sulfonamides is 1. The zero-order chi connectivity index (χ0) is 19.3. The van der Waals surface area contributed by atoms with E-state index in [1.165, 1.54) is 30.3 Å². The highest BCUT2D eigenvalue weighted by Crippen LogP contribution is 2.26. The van der Waals surface area contributed by atoms with Gasteiger partial charge in [0.2, 0.25) is 10.0 Å². The molecular weight excluding hydrogens is 427 g/mol. The summed E-state index contributed by atoms with van der Waals surface area (Å²) in [5.74, 6) is -0.357. The number of rotatable bonds is 7. The lowest BCUT2D eigenvalue weighted by Gasteiger charge is -2.15. The molecule has 140 valence electrons. The van der Waals surface area contributed by atoms with Gasteiger partial charge in [0, 0.05) is 6.54 Å². The third-order valence-electron chi connectivity index (χ3n) is 3.53. The van der Waals surface area contributed by atoms with Crippen molar-refractivity contribution in [2.75, 3.05) is 6.54 Å². The molecule has 0 fully saturated rings. The molecule has 2 aromatic carbocycles. The number of sulfonamides is 1. The van der Waals surface area contributed by atoms with E-state index in [0.717, 1.165) is 5.56 Å². The van der Waals surface area contributed by atoms with Crippen LogP contribution in [0.4, 0.5) is 4.39 Å². The van der Waals surface area contributed by atoms with E-state index in [1.54, 1.807) is 19.1 Å². The summed E-state index contributed by atoms with van der Waals surface area (Å²) in [6.07, 6.45) is -0.245. The Kier molecular flexibility index (Phi) is 6.74. The Hall–Kier alpha value is -1.97. The van der Waals surface area contributed by atoms with E-state index in [2.05, 4.69) is 21.2 Å². The fourth-order valence-corrected chi connectivity index (χ4v) is 3.09. The average molecular weight is 445 g/mol. The van der Waals surface area contributed by atoms with Gasteiger partial charge in [0.1, 0.15) is 11.6 Å². The summed E-state index contributed by atoms with van der Waals surface area (Å²) in [4.78, 5) is 12.1. The molecule has 0 aliphatic rings. The van der Waals surface area contributed by atoms with Gasteiger partial charge in [-0.15, -0.1) is 0 Å². The molecule has 0 aliphatic heterocycles. The number of amides is 1. The maximum absolute atomic E-state index is 13.1. The van der Waals surface area contributed by atoms with Crippen molar-refractivity contribution < 1.29 is 22.3 Å². The molecule has 9 heteroatoms. The first-order valence-electron chi connectivity index (χ1n) is 7.68. The topological polar surface area (TPSA) is 98.5 Å². The monoisotopic (exact) mass is 444 g/mol. The van der Waals surface area contributed by atoms with Crippen molar-refractivity contribution in [3.05, 3.63) is 58.3 Å². The molecule has 0 aromatic heterocycles. The van der Waals surface area contributed by atoms with Gasteiger partial charge in [0.15, 0.2) is 6.10 Å². The standard InChI is InChI=1S/C17H18BrFN2O4S/c1-11(25-16-7-4-13(19)10-15(16)18)17(22)21-9-8-12-2-5-14(6-3-12)26(20,23)24/h2-7,10-11H,8-9H2,1H3,(H,21,22)(H2,20,23,24). The van der Waals surface area contributed by atoms with Crippen LogP contribution in [0.5, 0.6) is 5.75 Å². The van der Waals surface area contributed by atoms with E-state index < -0.39 is 21.9 Å². The molecule has 1 atom stereocenters. The first kappa shape index (κ1) is 20.3. The maximum Gasteiger partial charge on any atom is 0.260 e. The average Bonchev–Trinajstić information content (AvgIpc) is 2.57. The summed E-state index contributed by atoms with van der Waals surface area (Å²) in [7, 11) is -3.71. The Bertz CT molecular complexity index is 888. The molecule has 6 nitrogen and oxygen atoms in total. The second-order valence-corrected chi connectivity index (χ2v) is 7.98. The summed E-state index contributed by atoms with van der Waals surface area (Å²) < 4.78 is 41.4. The van der Waals surface area contributed by atoms with Crippen LogP contribution < -0.4 is 15.2 Å². The zero-order valence-corrected chi connectivity index (χ0v) is 16.3. The van der Waals surface area contributed by atoms with E-state index in [-0.39, 0.29) is 10.8 Å². The van der Waals surface area contributed by atoms with Crippen LogP contribution in [0.15, 0.2) is 51.8 Å². The van der Waals surface area contributed by atoms with Gasteiger partial charge in [-0.1, -0.05) is 12.1 Å². The number of carbonyl (C=O) groups excluding carboxylic acids is 1. The van der Waals surface area contributed by atoms with Gasteiger partial charge in [0.25, 0.3) is 5.91 Å². The molecule has 0 saturated carbocycles. The zero-order valence-electron chi connectivity index (χ0n) is 13.9. The number of ether oxygens (including phenoxy) is 1. The second kappa shape index (κ2) is 8.61. The molecule has 1 amide bonds. The van der Waals surface area contributed by atoms with Crippen molar-refractivity contribution in [2.24, 2.45) is 5.14 Å². The fourth-order valence-electron chi connectivity index (χ4n) is 2.13. The minimum absolute atomic E-state index is 0.0391. The molecular formula is C17H18BrFN2O4S. The van der Waals surface area contributed by atoms with E-state index in [4.69, 9.17) is 9.88 Å². The van der Waals surface area contributed by atoms with Crippen molar-refractivity contribution in [1.82, 2.24) is 5.32 Å². The molecule has 2 aromatic rings. The molecule has 0 saturated heterocycles. The second-order valence-electron chi connectivity index (χ2n) is 5.56. The Morgan fingerprint density at radius 1 is 1.27 bits per heavy atom. The highest BCUT2D eigenvalue weighted by molar-refractivity contribution is 9.10. The predicted octanol–water partition coefficient (Wildman–Crippen LogP) is 2.36. The first-order valence-corrected chi connectivity index (χ1v) is 10.0. The van der Waals surface area contributed by atoms with Crippen molar-refractivity contribution in [3.8, 4) is 5.75 Å². The van der Waals surface area contributed by atoms with Crippen LogP contribution in [0.2, 0.25) is 0 Å². The Morgan fingerprint density at radius 2 is 1.92 bits per heavy atom. The van der Waals surface area contributed by atoms with Crippen LogP contribution in [0.25, 0.3) is 0 Å². The lowest BCUT2D eigenvalue weighted by molar-refractivity contribution is -0.127. The highest BCUT2D eigenvalue weighted by atomic mass is 79.9. The maximum atomic E-state index is 13.1.